The van der Waals surface area contributed by atoms with Crippen LogP contribution < -0.4 is 20.7 Å². The highest BCUT2D eigenvalue weighted by Crippen LogP contribution is 2.27. The topological polar surface area (TPSA) is 167 Å². The minimum atomic E-state index is -1.19. The largest absolute Gasteiger partial charge is 0.501 e. The molecule has 0 spiro atoms. The molecule has 2 amide bonds. The predicted molar refractivity (Wildman–Crippen MR) is 159 cm³/mol. The highest BCUT2D eigenvalue weighted by Gasteiger charge is 2.25. The predicted octanol–water partition coefficient (Wildman–Crippen LogP) is 3.82. The van der Waals surface area contributed by atoms with Crippen LogP contribution in [-0.4, -0.2) is 69.8 Å². The molecule has 0 saturated heterocycles. The number of imidazole rings is 1. The van der Waals surface area contributed by atoms with Crippen LogP contribution in [0.25, 0.3) is 11.0 Å². The highest BCUT2D eigenvalue weighted by molar-refractivity contribution is 8.14. The second-order valence-corrected chi connectivity index (χ2v) is 10.8. The van der Waals surface area contributed by atoms with Crippen molar-refractivity contribution in [1.82, 2.24) is 15.3 Å². The van der Waals surface area contributed by atoms with Gasteiger partial charge in [0.05, 0.1) is 48.1 Å². The van der Waals surface area contributed by atoms with Gasteiger partial charge in [0.25, 0.3) is 0 Å². The molecule has 14 heteroatoms. The number of carboxylic acids is 1. The molecule has 3 aromatic rings. The SMILES string of the molecule is COC1=CC2N=C(SCC(=O)Nc3cc(NC(=O)CSc4nc5ccc(OC)cc5[nH]4)cc(C(=O)O)c3)NC2=CC1. The number of nitrogens with zero attached hydrogens (tertiary/aromatic N) is 2. The number of aliphatic imine (C=N–C) groups is 1. The number of ether oxygens (including phenoxy) is 2. The van der Waals surface area contributed by atoms with Crippen molar-refractivity contribution in [2.75, 3.05) is 36.4 Å². The lowest BCUT2D eigenvalue weighted by molar-refractivity contribution is -0.114. The zero-order chi connectivity index (χ0) is 28.9. The first-order valence-electron chi connectivity index (χ1n) is 12.4. The Kier molecular flexibility index (Phi) is 8.50. The van der Waals surface area contributed by atoms with Crippen molar-refractivity contribution in [3.8, 4) is 5.75 Å². The summed E-state index contributed by atoms with van der Waals surface area (Å²) in [7, 11) is 3.20. The molecule has 212 valence electrons. The normalized spacial score (nSPS) is 15.7. The van der Waals surface area contributed by atoms with E-state index in [1.807, 2.05) is 24.3 Å². The maximum atomic E-state index is 12.7. The van der Waals surface area contributed by atoms with Crippen molar-refractivity contribution in [3.05, 3.63) is 65.6 Å². The van der Waals surface area contributed by atoms with E-state index >= 15 is 0 Å². The average Bonchev–Trinajstić information content (AvgIpc) is 3.57. The lowest BCUT2D eigenvalue weighted by Gasteiger charge is -2.14. The Balaban J connectivity index is 1.17. The van der Waals surface area contributed by atoms with Crippen molar-refractivity contribution in [2.24, 2.45) is 4.99 Å². The third-order valence-corrected chi connectivity index (χ3v) is 7.81. The molecule has 2 aromatic carbocycles. The number of hydrogen-bond donors (Lipinski definition) is 5. The number of fused-ring (bicyclic) bond motifs is 2. The zero-order valence-corrected chi connectivity index (χ0v) is 23.6. The van der Waals surface area contributed by atoms with Crippen LogP contribution in [0, 0.1) is 0 Å². The number of aromatic amines is 1. The molecular formula is C27H26N6O6S2. The minimum Gasteiger partial charge on any atom is -0.501 e. The quantitative estimate of drug-likeness (QED) is 0.218. The number of methoxy groups -OCH3 is 2. The van der Waals surface area contributed by atoms with Crippen molar-refractivity contribution in [1.29, 1.82) is 0 Å². The van der Waals surface area contributed by atoms with Gasteiger partial charge >= 0.3 is 5.97 Å². The fourth-order valence-corrected chi connectivity index (χ4v) is 5.52. The molecule has 41 heavy (non-hydrogen) atoms. The Morgan fingerprint density at radius 2 is 1.76 bits per heavy atom. The van der Waals surface area contributed by atoms with Crippen LogP contribution in [0.4, 0.5) is 11.4 Å². The van der Waals surface area contributed by atoms with Gasteiger partial charge < -0.3 is 35.5 Å². The number of allylic oxidation sites excluding steroid dienone is 1. The van der Waals surface area contributed by atoms with Gasteiger partial charge in [-0.2, -0.15) is 0 Å². The number of benzene rings is 2. The third-order valence-electron chi connectivity index (χ3n) is 6.05. The van der Waals surface area contributed by atoms with E-state index < -0.39 is 5.97 Å². The van der Waals surface area contributed by atoms with Gasteiger partial charge in [-0.15, -0.1) is 0 Å². The van der Waals surface area contributed by atoms with Crippen LogP contribution in [0.5, 0.6) is 5.75 Å². The number of thioether (sulfide) groups is 2. The molecule has 2 aliphatic rings. The van der Waals surface area contributed by atoms with E-state index in [2.05, 4.69) is 30.9 Å². The Hall–Kier alpha value is -4.43. The third kappa shape index (κ3) is 7.02. The van der Waals surface area contributed by atoms with E-state index in [-0.39, 0.29) is 46.3 Å². The van der Waals surface area contributed by atoms with Crippen molar-refractivity contribution in [3.63, 3.8) is 0 Å². The summed E-state index contributed by atoms with van der Waals surface area (Å²) in [5.41, 5.74) is 2.87. The van der Waals surface area contributed by atoms with Crippen molar-refractivity contribution in [2.45, 2.75) is 17.6 Å². The Labute approximate surface area is 243 Å². The summed E-state index contributed by atoms with van der Waals surface area (Å²) >= 11 is 2.43. The Morgan fingerprint density at radius 3 is 2.44 bits per heavy atom. The fraction of sp³-hybridized carbons (Fsp3) is 0.222. The van der Waals surface area contributed by atoms with Crippen LogP contribution in [0.2, 0.25) is 0 Å². The lowest BCUT2D eigenvalue weighted by atomic mass is 10.1. The van der Waals surface area contributed by atoms with Gasteiger partial charge in [0.15, 0.2) is 10.3 Å². The van der Waals surface area contributed by atoms with Crippen molar-refractivity contribution >= 4 is 68.9 Å². The first kappa shape index (κ1) is 28.1. The Morgan fingerprint density at radius 1 is 1.02 bits per heavy atom. The second kappa shape index (κ2) is 12.4. The van der Waals surface area contributed by atoms with Gasteiger partial charge in [-0.05, 0) is 36.4 Å². The number of aromatic nitrogens is 2. The molecule has 1 atom stereocenters. The molecule has 1 aliphatic carbocycles. The highest BCUT2D eigenvalue weighted by atomic mass is 32.2. The summed E-state index contributed by atoms with van der Waals surface area (Å²) in [5.74, 6) is -0.312. The van der Waals surface area contributed by atoms with E-state index in [1.54, 1.807) is 20.3 Å². The average molecular weight is 595 g/mol. The first-order chi connectivity index (χ1) is 19.8. The number of carbonyl (C=O) groups excluding carboxylic acids is 2. The molecule has 1 aliphatic heterocycles. The summed E-state index contributed by atoms with van der Waals surface area (Å²) in [6.07, 6.45) is 4.60. The number of amides is 2. The van der Waals surface area contributed by atoms with E-state index in [0.29, 0.717) is 22.5 Å². The van der Waals surface area contributed by atoms with E-state index in [4.69, 9.17) is 9.47 Å². The molecule has 0 bridgehead atoms. The molecule has 0 fully saturated rings. The summed E-state index contributed by atoms with van der Waals surface area (Å²) < 4.78 is 10.5. The summed E-state index contributed by atoms with van der Waals surface area (Å²) in [5, 5.41) is 19.3. The lowest BCUT2D eigenvalue weighted by Crippen LogP contribution is -2.21. The molecule has 2 heterocycles. The van der Waals surface area contributed by atoms with Crippen LogP contribution in [0.1, 0.15) is 16.8 Å². The van der Waals surface area contributed by atoms with Gasteiger partial charge in [0, 0.05) is 29.6 Å². The van der Waals surface area contributed by atoms with Gasteiger partial charge in [0.1, 0.15) is 11.8 Å². The maximum absolute atomic E-state index is 12.7. The first-order valence-corrected chi connectivity index (χ1v) is 14.3. The van der Waals surface area contributed by atoms with Crippen LogP contribution in [0.3, 0.4) is 0 Å². The van der Waals surface area contributed by atoms with Crippen LogP contribution in [-0.2, 0) is 14.3 Å². The fourth-order valence-electron chi connectivity index (χ4n) is 4.12. The van der Waals surface area contributed by atoms with E-state index in [1.165, 1.54) is 41.7 Å². The van der Waals surface area contributed by atoms with Crippen LogP contribution >= 0.6 is 23.5 Å². The number of nitrogens with one attached hydrogen (secondary N) is 4. The van der Waals surface area contributed by atoms with Gasteiger partial charge in [-0.1, -0.05) is 29.6 Å². The molecule has 1 aromatic heterocycles. The number of hydrogen-bond acceptors (Lipinski definition) is 10. The molecule has 5 rings (SSSR count). The number of carboxylic acid groups (broad SMARTS) is 1. The van der Waals surface area contributed by atoms with Crippen molar-refractivity contribution < 1.29 is 29.0 Å². The number of amidine groups is 1. The monoisotopic (exact) mass is 594 g/mol. The van der Waals surface area contributed by atoms with Gasteiger partial charge in [-0.3, -0.25) is 9.59 Å². The molecule has 1 unspecified atom stereocenters. The number of H-pyrrole nitrogens is 1. The smallest absolute Gasteiger partial charge is 0.335 e. The molecule has 5 N–H and O–H groups in total. The summed E-state index contributed by atoms with van der Waals surface area (Å²) in [6, 6.07) is 9.44. The zero-order valence-electron chi connectivity index (χ0n) is 22.0. The van der Waals surface area contributed by atoms with Gasteiger partial charge in [-0.25, -0.2) is 14.8 Å². The van der Waals surface area contributed by atoms with E-state index in [0.717, 1.165) is 22.5 Å². The van der Waals surface area contributed by atoms with Gasteiger partial charge in [0.2, 0.25) is 11.8 Å². The summed E-state index contributed by atoms with van der Waals surface area (Å²) in [4.78, 5) is 49.1. The number of rotatable bonds is 10. The molecule has 0 saturated carbocycles. The minimum absolute atomic E-state index is 0.0280. The number of aromatic carboxylic acids is 1. The molecular weight excluding hydrogens is 568 g/mol. The standard InChI is InChI=1S/C27H26N6O6S2/c1-38-17-3-5-19-21(10-17)32-26(30-19)40-12-23(34)28-15-7-14(25(36)37)8-16(9-15)29-24(35)13-41-27-31-20-6-4-18(39-2)11-22(20)33-27/h3,5-11,22H,4,12-13H2,1-2H3,(H,28,34)(H,29,35)(H,30,32)(H,31,33)(H,36,37). The van der Waals surface area contributed by atoms with E-state index in [9.17, 15) is 19.5 Å². The summed E-state index contributed by atoms with van der Waals surface area (Å²) in [6.45, 7) is 0. The maximum Gasteiger partial charge on any atom is 0.335 e. The Bertz CT molecular complexity index is 1610. The second-order valence-electron chi connectivity index (χ2n) is 8.91. The molecule has 0 radical (unpaired) electrons. The van der Waals surface area contributed by atoms with Crippen LogP contribution in [0.15, 0.2) is 70.2 Å². The number of carbonyl (C=O) groups is 3. The molecule has 12 nitrogen and oxygen atoms in total. The number of anilines is 2.